The molecule has 5 nitrogen and oxygen atoms in total. The zero-order valence-corrected chi connectivity index (χ0v) is 12.5. The second-order valence-corrected chi connectivity index (χ2v) is 7.02. The van der Waals surface area contributed by atoms with E-state index in [4.69, 9.17) is 5.11 Å². The molecule has 6 heteroatoms. The number of hydrogen-bond acceptors (Lipinski definition) is 4. The van der Waals surface area contributed by atoms with Gasteiger partial charge in [0.05, 0.1) is 17.1 Å². The Hall–Kier alpha value is -2.34. The zero-order chi connectivity index (χ0) is 16.2. The van der Waals surface area contributed by atoms with Crippen molar-refractivity contribution in [3.8, 4) is 5.75 Å². The smallest absolute Gasteiger partial charge is 0.303 e. The van der Waals surface area contributed by atoms with E-state index in [2.05, 4.69) is 0 Å². The number of carbonyl (C=O) groups is 1. The third kappa shape index (κ3) is 4.08. The summed E-state index contributed by atoms with van der Waals surface area (Å²) in [5.74, 6) is -2.17. The van der Waals surface area contributed by atoms with Crippen LogP contribution in [0, 0.1) is 0 Å². The fraction of sp³-hybridized carbons (Fsp3) is 0.188. The van der Waals surface area contributed by atoms with Gasteiger partial charge in [0.15, 0.2) is 9.84 Å². The van der Waals surface area contributed by atoms with Crippen molar-refractivity contribution in [1.29, 1.82) is 0 Å². The minimum Gasteiger partial charge on any atom is -0.508 e. The number of aliphatic carboxylic acids is 1. The van der Waals surface area contributed by atoms with Gasteiger partial charge in [-0.25, -0.2) is 8.42 Å². The maximum absolute atomic E-state index is 12.4. The molecule has 22 heavy (non-hydrogen) atoms. The highest BCUT2D eigenvalue weighted by molar-refractivity contribution is 7.91. The van der Waals surface area contributed by atoms with Gasteiger partial charge >= 0.3 is 5.97 Å². The summed E-state index contributed by atoms with van der Waals surface area (Å²) in [6.07, 6.45) is -0.276. The number of phenolic OH excluding ortho intramolecular Hbond substituents is 1. The standard InChI is InChI=1S/C16H16O5S/c17-14-7-4-8-15(10-14)22(20,21)11-13(9-16(18)19)12-5-2-1-3-6-12/h1-8,10,13,17H,9,11H2,(H,18,19). The van der Waals surface area contributed by atoms with Crippen LogP contribution < -0.4 is 0 Å². The second-order valence-electron chi connectivity index (χ2n) is 4.98. The van der Waals surface area contributed by atoms with Crippen molar-refractivity contribution >= 4 is 15.8 Å². The van der Waals surface area contributed by atoms with Gasteiger partial charge < -0.3 is 10.2 Å². The number of phenols is 1. The fourth-order valence-corrected chi connectivity index (χ4v) is 3.87. The summed E-state index contributed by atoms with van der Waals surface area (Å²) in [4.78, 5) is 11.0. The van der Waals surface area contributed by atoms with Crippen LogP contribution in [0.15, 0.2) is 59.5 Å². The van der Waals surface area contributed by atoms with Crippen molar-refractivity contribution in [3.63, 3.8) is 0 Å². The maximum atomic E-state index is 12.4. The van der Waals surface area contributed by atoms with E-state index in [1.165, 1.54) is 18.2 Å². The predicted molar refractivity (Wildman–Crippen MR) is 81.6 cm³/mol. The summed E-state index contributed by atoms with van der Waals surface area (Å²) in [7, 11) is -3.70. The van der Waals surface area contributed by atoms with Crippen molar-refractivity contribution in [3.05, 3.63) is 60.2 Å². The monoisotopic (exact) mass is 320 g/mol. The highest BCUT2D eigenvalue weighted by Gasteiger charge is 2.25. The molecule has 0 aliphatic carbocycles. The lowest BCUT2D eigenvalue weighted by Gasteiger charge is -2.15. The molecule has 0 saturated carbocycles. The summed E-state index contributed by atoms with van der Waals surface area (Å²) < 4.78 is 24.9. The molecular weight excluding hydrogens is 304 g/mol. The van der Waals surface area contributed by atoms with Crippen molar-refractivity contribution in [2.45, 2.75) is 17.2 Å². The summed E-state index contributed by atoms with van der Waals surface area (Å²) in [5.41, 5.74) is 0.661. The van der Waals surface area contributed by atoms with Crippen LogP contribution in [0.25, 0.3) is 0 Å². The number of carboxylic acids is 1. The molecule has 116 valence electrons. The Labute approximate surface area is 128 Å². The molecule has 0 radical (unpaired) electrons. The van der Waals surface area contributed by atoms with Crippen molar-refractivity contribution < 1.29 is 23.4 Å². The van der Waals surface area contributed by atoms with Gasteiger partial charge in [-0.1, -0.05) is 36.4 Å². The van der Waals surface area contributed by atoms with Gasteiger partial charge in [-0.2, -0.15) is 0 Å². The number of aromatic hydroxyl groups is 1. The van der Waals surface area contributed by atoms with Gasteiger partial charge in [0.25, 0.3) is 0 Å². The minimum absolute atomic E-state index is 0.0150. The van der Waals surface area contributed by atoms with E-state index in [0.717, 1.165) is 6.07 Å². The third-order valence-electron chi connectivity index (χ3n) is 3.29. The van der Waals surface area contributed by atoms with Crippen LogP contribution in [-0.2, 0) is 14.6 Å². The van der Waals surface area contributed by atoms with E-state index in [-0.39, 0.29) is 22.8 Å². The first-order valence-corrected chi connectivity index (χ1v) is 8.32. The largest absolute Gasteiger partial charge is 0.508 e. The molecule has 0 amide bonds. The lowest BCUT2D eigenvalue weighted by molar-refractivity contribution is -0.137. The molecule has 0 aliphatic rings. The first-order valence-electron chi connectivity index (χ1n) is 6.67. The van der Waals surface area contributed by atoms with Crippen LogP contribution in [0.4, 0.5) is 0 Å². The van der Waals surface area contributed by atoms with Crippen LogP contribution in [0.5, 0.6) is 5.75 Å². The molecule has 0 spiro atoms. The summed E-state index contributed by atoms with van der Waals surface area (Å²) in [5, 5.41) is 18.4. The summed E-state index contributed by atoms with van der Waals surface area (Å²) >= 11 is 0. The minimum atomic E-state index is -3.70. The molecule has 1 atom stereocenters. The van der Waals surface area contributed by atoms with Crippen molar-refractivity contribution in [1.82, 2.24) is 0 Å². The average Bonchev–Trinajstić information content (AvgIpc) is 2.47. The molecule has 2 aromatic carbocycles. The normalized spacial score (nSPS) is 12.7. The topological polar surface area (TPSA) is 91.7 Å². The Morgan fingerprint density at radius 3 is 2.32 bits per heavy atom. The molecule has 2 rings (SSSR count). The van der Waals surface area contributed by atoms with Gasteiger partial charge in [0, 0.05) is 5.92 Å². The van der Waals surface area contributed by atoms with Crippen LogP contribution in [0.1, 0.15) is 17.9 Å². The average molecular weight is 320 g/mol. The molecule has 0 aromatic heterocycles. The summed E-state index contributed by atoms with van der Waals surface area (Å²) in [6.45, 7) is 0. The number of carboxylic acid groups (broad SMARTS) is 1. The maximum Gasteiger partial charge on any atom is 0.303 e. The molecule has 0 bridgehead atoms. The Bertz CT molecular complexity index is 753. The van der Waals surface area contributed by atoms with E-state index in [9.17, 15) is 18.3 Å². The van der Waals surface area contributed by atoms with Crippen LogP contribution in [0.3, 0.4) is 0 Å². The highest BCUT2D eigenvalue weighted by Crippen LogP contribution is 2.26. The Morgan fingerprint density at radius 1 is 1.05 bits per heavy atom. The van der Waals surface area contributed by atoms with Gasteiger partial charge in [0.1, 0.15) is 5.75 Å². The van der Waals surface area contributed by atoms with Gasteiger partial charge in [-0.05, 0) is 23.8 Å². The number of sulfone groups is 1. The lowest BCUT2D eigenvalue weighted by atomic mass is 9.98. The zero-order valence-electron chi connectivity index (χ0n) is 11.7. The molecule has 0 saturated heterocycles. The first kappa shape index (κ1) is 16.0. The SMILES string of the molecule is O=C(O)CC(CS(=O)(=O)c1cccc(O)c1)c1ccccc1. The molecule has 2 aromatic rings. The van der Waals surface area contributed by atoms with E-state index >= 15 is 0 Å². The molecule has 0 heterocycles. The lowest BCUT2D eigenvalue weighted by Crippen LogP contribution is -2.18. The molecule has 0 fully saturated rings. The van der Waals surface area contributed by atoms with E-state index in [1.807, 2.05) is 0 Å². The van der Waals surface area contributed by atoms with Gasteiger partial charge in [-0.15, -0.1) is 0 Å². The molecule has 2 N–H and O–H groups in total. The van der Waals surface area contributed by atoms with Gasteiger partial charge in [-0.3, -0.25) is 4.79 Å². The Balaban J connectivity index is 2.32. The predicted octanol–water partition coefficient (Wildman–Crippen LogP) is 2.42. The quantitative estimate of drug-likeness (QED) is 0.853. The fourth-order valence-electron chi connectivity index (χ4n) is 2.25. The second kappa shape index (κ2) is 6.62. The highest BCUT2D eigenvalue weighted by atomic mass is 32.2. The summed E-state index contributed by atoms with van der Waals surface area (Å²) in [6, 6.07) is 14.1. The number of rotatable bonds is 6. The Kier molecular flexibility index (Phi) is 4.82. The van der Waals surface area contributed by atoms with Crippen LogP contribution >= 0.6 is 0 Å². The molecule has 1 unspecified atom stereocenters. The molecular formula is C16H16O5S. The molecule has 0 aliphatic heterocycles. The van der Waals surface area contributed by atoms with E-state index in [1.54, 1.807) is 30.3 Å². The first-order chi connectivity index (χ1) is 10.4. The van der Waals surface area contributed by atoms with E-state index in [0.29, 0.717) is 5.56 Å². The number of benzene rings is 2. The Morgan fingerprint density at radius 2 is 1.73 bits per heavy atom. The van der Waals surface area contributed by atoms with Crippen LogP contribution in [0.2, 0.25) is 0 Å². The van der Waals surface area contributed by atoms with Crippen LogP contribution in [-0.4, -0.2) is 30.4 Å². The van der Waals surface area contributed by atoms with Crippen molar-refractivity contribution in [2.75, 3.05) is 5.75 Å². The number of hydrogen-bond donors (Lipinski definition) is 2. The van der Waals surface area contributed by atoms with Gasteiger partial charge in [0.2, 0.25) is 0 Å². The third-order valence-corrected chi connectivity index (χ3v) is 5.10. The van der Waals surface area contributed by atoms with E-state index < -0.39 is 21.7 Å². The van der Waals surface area contributed by atoms with Crippen molar-refractivity contribution in [2.24, 2.45) is 0 Å².